The van der Waals surface area contributed by atoms with E-state index in [2.05, 4.69) is 76.3 Å². The van der Waals surface area contributed by atoms with Crippen molar-refractivity contribution in [1.29, 1.82) is 0 Å². The topological polar surface area (TPSA) is 67.7 Å². The molecule has 154 valence electrons. The highest BCUT2D eigenvalue weighted by Gasteiger charge is 2.13. The second kappa shape index (κ2) is 8.95. The van der Waals surface area contributed by atoms with Crippen LogP contribution in [0.4, 0.5) is 11.5 Å². The Morgan fingerprint density at radius 1 is 1.00 bits per heavy atom. The molecule has 0 amide bonds. The molecule has 0 fully saturated rings. The molecule has 0 aliphatic carbocycles. The first-order valence-electron chi connectivity index (χ1n) is 10.5. The SMILES string of the molecule is CCCNc1cc(NCc2ccc(-c3ccccn3)cc2)c2ncn(C(C)C)c2n1. The maximum Gasteiger partial charge on any atom is 0.164 e. The first kappa shape index (κ1) is 19.9. The Labute approximate surface area is 177 Å². The third kappa shape index (κ3) is 4.27. The zero-order valence-corrected chi connectivity index (χ0v) is 17.8. The number of nitrogens with zero attached hydrogens (tertiary/aromatic N) is 4. The van der Waals surface area contributed by atoms with Gasteiger partial charge in [0, 0.05) is 37.0 Å². The van der Waals surface area contributed by atoms with Crippen LogP contribution in [0, 0.1) is 0 Å². The van der Waals surface area contributed by atoms with E-state index in [1.54, 1.807) is 0 Å². The first-order chi connectivity index (χ1) is 14.7. The van der Waals surface area contributed by atoms with Crippen LogP contribution in [0.1, 0.15) is 38.8 Å². The molecule has 3 heterocycles. The number of hydrogen-bond acceptors (Lipinski definition) is 5. The fraction of sp³-hybridized carbons (Fsp3) is 0.292. The van der Waals surface area contributed by atoms with Crippen LogP contribution in [-0.4, -0.2) is 26.1 Å². The Bertz CT molecular complexity index is 1100. The van der Waals surface area contributed by atoms with Crippen LogP contribution in [0.25, 0.3) is 22.4 Å². The Morgan fingerprint density at radius 2 is 1.83 bits per heavy atom. The molecule has 0 spiro atoms. The molecule has 4 aromatic rings. The monoisotopic (exact) mass is 400 g/mol. The summed E-state index contributed by atoms with van der Waals surface area (Å²) in [7, 11) is 0. The van der Waals surface area contributed by atoms with E-state index >= 15 is 0 Å². The lowest BCUT2D eigenvalue weighted by Gasteiger charge is -2.13. The molecule has 0 saturated carbocycles. The number of pyridine rings is 2. The van der Waals surface area contributed by atoms with Crippen molar-refractivity contribution >= 4 is 22.7 Å². The average molecular weight is 401 g/mol. The molecular weight excluding hydrogens is 372 g/mol. The number of imidazole rings is 1. The highest BCUT2D eigenvalue weighted by Crippen LogP contribution is 2.27. The van der Waals surface area contributed by atoms with Gasteiger partial charge in [-0.3, -0.25) is 4.98 Å². The maximum absolute atomic E-state index is 4.80. The lowest BCUT2D eigenvalue weighted by atomic mass is 10.1. The van der Waals surface area contributed by atoms with Gasteiger partial charge in [0.2, 0.25) is 0 Å². The van der Waals surface area contributed by atoms with Gasteiger partial charge in [0.25, 0.3) is 0 Å². The molecule has 0 unspecified atom stereocenters. The summed E-state index contributed by atoms with van der Waals surface area (Å²) in [4.78, 5) is 13.8. The van der Waals surface area contributed by atoms with Crippen LogP contribution in [0.15, 0.2) is 61.1 Å². The van der Waals surface area contributed by atoms with Crippen molar-refractivity contribution in [2.24, 2.45) is 0 Å². The van der Waals surface area contributed by atoms with Gasteiger partial charge in [-0.15, -0.1) is 0 Å². The van der Waals surface area contributed by atoms with Crippen molar-refractivity contribution in [3.63, 3.8) is 0 Å². The van der Waals surface area contributed by atoms with E-state index in [1.165, 1.54) is 5.56 Å². The fourth-order valence-electron chi connectivity index (χ4n) is 3.39. The van der Waals surface area contributed by atoms with Crippen molar-refractivity contribution in [1.82, 2.24) is 19.5 Å². The Kier molecular flexibility index (Phi) is 5.93. The number of anilines is 2. The third-order valence-corrected chi connectivity index (χ3v) is 5.04. The van der Waals surface area contributed by atoms with Crippen LogP contribution in [0.5, 0.6) is 0 Å². The van der Waals surface area contributed by atoms with Crippen LogP contribution in [-0.2, 0) is 6.54 Å². The fourth-order valence-corrected chi connectivity index (χ4v) is 3.39. The number of benzene rings is 1. The molecule has 30 heavy (non-hydrogen) atoms. The molecule has 2 N–H and O–H groups in total. The minimum atomic E-state index is 0.302. The van der Waals surface area contributed by atoms with Gasteiger partial charge < -0.3 is 15.2 Å². The summed E-state index contributed by atoms with van der Waals surface area (Å²) >= 11 is 0. The minimum absolute atomic E-state index is 0.302. The highest BCUT2D eigenvalue weighted by atomic mass is 15.1. The second-order valence-electron chi connectivity index (χ2n) is 7.67. The molecule has 1 aromatic carbocycles. The van der Waals surface area contributed by atoms with Crippen molar-refractivity contribution in [2.45, 2.75) is 39.8 Å². The smallest absolute Gasteiger partial charge is 0.164 e. The van der Waals surface area contributed by atoms with Crippen molar-refractivity contribution in [3.8, 4) is 11.3 Å². The van der Waals surface area contributed by atoms with E-state index in [0.29, 0.717) is 12.6 Å². The van der Waals surface area contributed by atoms with Gasteiger partial charge in [-0.25, -0.2) is 9.97 Å². The van der Waals surface area contributed by atoms with E-state index in [-0.39, 0.29) is 0 Å². The summed E-state index contributed by atoms with van der Waals surface area (Å²) < 4.78 is 2.11. The van der Waals surface area contributed by atoms with Crippen LogP contribution in [0.2, 0.25) is 0 Å². The summed E-state index contributed by atoms with van der Waals surface area (Å²) in [6.07, 6.45) is 4.74. The van der Waals surface area contributed by atoms with Gasteiger partial charge >= 0.3 is 0 Å². The molecule has 0 aliphatic rings. The zero-order valence-electron chi connectivity index (χ0n) is 17.8. The lowest BCUT2D eigenvalue weighted by Crippen LogP contribution is -2.07. The van der Waals surface area contributed by atoms with Gasteiger partial charge in [-0.1, -0.05) is 37.3 Å². The molecule has 3 aromatic heterocycles. The number of nitrogens with one attached hydrogen (secondary N) is 2. The molecule has 0 saturated heterocycles. The molecular formula is C24H28N6. The highest BCUT2D eigenvalue weighted by molar-refractivity contribution is 5.88. The summed E-state index contributed by atoms with van der Waals surface area (Å²) in [6.45, 7) is 8.04. The van der Waals surface area contributed by atoms with Gasteiger partial charge in [0.15, 0.2) is 5.65 Å². The number of hydrogen-bond donors (Lipinski definition) is 2. The van der Waals surface area contributed by atoms with E-state index < -0.39 is 0 Å². The predicted molar refractivity (Wildman–Crippen MR) is 124 cm³/mol. The van der Waals surface area contributed by atoms with Crippen molar-refractivity contribution in [3.05, 3.63) is 66.6 Å². The Hall–Kier alpha value is -3.41. The van der Waals surface area contributed by atoms with Crippen molar-refractivity contribution in [2.75, 3.05) is 17.2 Å². The van der Waals surface area contributed by atoms with Crippen molar-refractivity contribution < 1.29 is 0 Å². The molecule has 0 bridgehead atoms. The summed E-state index contributed by atoms with van der Waals surface area (Å²) in [6, 6.07) is 16.8. The normalized spacial score (nSPS) is 11.2. The second-order valence-corrected chi connectivity index (χ2v) is 7.67. The molecule has 4 rings (SSSR count). The minimum Gasteiger partial charge on any atom is -0.379 e. The third-order valence-electron chi connectivity index (χ3n) is 5.04. The first-order valence-corrected chi connectivity index (χ1v) is 10.5. The van der Waals surface area contributed by atoms with Gasteiger partial charge in [-0.2, -0.15) is 0 Å². The Balaban J connectivity index is 1.57. The molecule has 0 atom stereocenters. The number of aromatic nitrogens is 4. The van der Waals surface area contributed by atoms with Crippen LogP contribution >= 0.6 is 0 Å². The number of fused-ring (bicyclic) bond motifs is 1. The molecule has 0 radical (unpaired) electrons. The number of rotatable bonds is 8. The molecule has 0 aliphatic heterocycles. The maximum atomic E-state index is 4.80. The molecule has 6 heteroatoms. The Morgan fingerprint density at radius 3 is 2.53 bits per heavy atom. The van der Waals surface area contributed by atoms with Gasteiger partial charge in [-0.05, 0) is 38.0 Å². The summed E-state index contributed by atoms with van der Waals surface area (Å²) in [5.41, 5.74) is 6.10. The van der Waals surface area contributed by atoms with E-state index in [4.69, 9.17) is 4.98 Å². The van der Waals surface area contributed by atoms with Crippen LogP contribution in [0.3, 0.4) is 0 Å². The van der Waals surface area contributed by atoms with E-state index in [9.17, 15) is 0 Å². The summed E-state index contributed by atoms with van der Waals surface area (Å²) in [5, 5.41) is 6.97. The van der Waals surface area contributed by atoms with E-state index in [1.807, 2.05) is 30.7 Å². The van der Waals surface area contributed by atoms with Gasteiger partial charge in [0.05, 0.1) is 17.7 Å². The summed E-state index contributed by atoms with van der Waals surface area (Å²) in [5.74, 6) is 0.875. The van der Waals surface area contributed by atoms with Gasteiger partial charge in [0.1, 0.15) is 11.3 Å². The lowest BCUT2D eigenvalue weighted by molar-refractivity contribution is 0.613. The average Bonchev–Trinajstić information content (AvgIpc) is 3.21. The largest absolute Gasteiger partial charge is 0.379 e. The van der Waals surface area contributed by atoms with Crippen LogP contribution < -0.4 is 10.6 Å². The molecule has 6 nitrogen and oxygen atoms in total. The van der Waals surface area contributed by atoms with E-state index in [0.717, 1.165) is 46.9 Å². The predicted octanol–water partition coefficient (Wildman–Crippen LogP) is 5.51. The standard InChI is InChI=1S/C24H28N6/c1-4-12-26-22-14-21(23-24(29-22)30(16-28-23)17(2)3)27-15-18-8-10-19(11-9-18)20-7-5-6-13-25-20/h5-11,13-14,16-17H,4,12,15H2,1-3H3,(H2,26,27,29). The zero-order chi connectivity index (χ0) is 20.9. The quantitative estimate of drug-likeness (QED) is 0.408.